The van der Waals surface area contributed by atoms with E-state index in [1.165, 1.54) is 0 Å². The van der Waals surface area contributed by atoms with Gasteiger partial charge in [0.25, 0.3) is 0 Å². The van der Waals surface area contributed by atoms with Crippen molar-refractivity contribution in [2.75, 3.05) is 13.3 Å². The first-order valence-electron chi connectivity index (χ1n) is 4.91. The van der Waals surface area contributed by atoms with Gasteiger partial charge in [-0.3, -0.25) is 16.0 Å². The number of nitrogens with two attached hydrogens (primary N) is 2. The Hall–Kier alpha value is -0.200. The minimum Gasteiger partial charge on any atom is -0.318 e. The van der Waals surface area contributed by atoms with Crippen molar-refractivity contribution in [2.24, 2.45) is 11.5 Å². The summed E-state index contributed by atoms with van der Waals surface area (Å²) >= 11 is 0. The minimum absolute atomic E-state index is 0.258. The molecule has 80 valence electrons. The first-order chi connectivity index (χ1) is 6.28. The lowest BCUT2D eigenvalue weighted by atomic mass is 10.3. The number of hydrogen-bond acceptors (Lipinski definition) is 5. The van der Waals surface area contributed by atoms with Gasteiger partial charge in [-0.05, 0) is 12.8 Å². The van der Waals surface area contributed by atoms with Crippen molar-refractivity contribution in [1.82, 2.24) is 16.0 Å². The Bertz CT molecular complexity index is 96.7. The van der Waals surface area contributed by atoms with E-state index in [-0.39, 0.29) is 12.3 Å². The van der Waals surface area contributed by atoms with Gasteiger partial charge in [-0.25, -0.2) is 0 Å². The highest BCUT2D eigenvalue weighted by atomic mass is 15.2. The van der Waals surface area contributed by atoms with Crippen molar-refractivity contribution in [3.8, 4) is 0 Å². The van der Waals surface area contributed by atoms with Crippen molar-refractivity contribution < 1.29 is 0 Å². The fourth-order valence-electron chi connectivity index (χ4n) is 1.17. The van der Waals surface area contributed by atoms with E-state index in [1.807, 2.05) is 0 Å². The summed E-state index contributed by atoms with van der Waals surface area (Å²) in [6, 6.07) is 0. The van der Waals surface area contributed by atoms with Crippen LogP contribution >= 0.6 is 0 Å². The van der Waals surface area contributed by atoms with E-state index in [1.54, 1.807) is 0 Å². The highest BCUT2D eigenvalue weighted by molar-refractivity contribution is 4.67. The molecule has 0 aliphatic rings. The molecule has 2 unspecified atom stereocenters. The lowest BCUT2D eigenvalue weighted by molar-refractivity contribution is 0.322. The van der Waals surface area contributed by atoms with Crippen LogP contribution in [0.3, 0.4) is 0 Å². The molecule has 0 aromatic heterocycles. The maximum absolute atomic E-state index is 5.40. The van der Waals surface area contributed by atoms with Gasteiger partial charge in [0.1, 0.15) is 0 Å². The highest BCUT2D eigenvalue weighted by Gasteiger charge is 2.09. The lowest BCUT2D eigenvalue weighted by Gasteiger charge is -2.25. The summed E-state index contributed by atoms with van der Waals surface area (Å²) in [6.45, 7) is 5.19. The summed E-state index contributed by atoms with van der Waals surface area (Å²) in [5.41, 5.74) is 10.8. The molecule has 0 rings (SSSR count). The van der Waals surface area contributed by atoms with E-state index in [0.29, 0.717) is 13.3 Å². The summed E-state index contributed by atoms with van der Waals surface area (Å²) in [5, 5.41) is 9.66. The van der Waals surface area contributed by atoms with Crippen molar-refractivity contribution >= 4 is 0 Å². The van der Waals surface area contributed by atoms with E-state index in [4.69, 9.17) is 11.5 Å². The second-order valence-electron chi connectivity index (χ2n) is 2.90. The highest BCUT2D eigenvalue weighted by Crippen LogP contribution is 1.90. The summed E-state index contributed by atoms with van der Waals surface area (Å²) in [7, 11) is 0. The van der Waals surface area contributed by atoms with E-state index in [0.717, 1.165) is 12.8 Å². The predicted octanol–water partition coefficient (Wildman–Crippen LogP) is -0.940. The van der Waals surface area contributed by atoms with Crippen molar-refractivity contribution in [3.63, 3.8) is 0 Å². The van der Waals surface area contributed by atoms with Gasteiger partial charge in [-0.2, -0.15) is 0 Å². The van der Waals surface area contributed by atoms with Crippen LogP contribution < -0.4 is 27.4 Å². The largest absolute Gasteiger partial charge is 0.318 e. The molecule has 0 aromatic carbocycles. The van der Waals surface area contributed by atoms with Crippen LogP contribution in [0.2, 0.25) is 0 Å². The van der Waals surface area contributed by atoms with Gasteiger partial charge in [-0.15, -0.1) is 0 Å². The molecule has 0 aromatic rings. The number of hydrogen-bond donors (Lipinski definition) is 5. The molecular formula is C8H23N5. The van der Waals surface area contributed by atoms with E-state index >= 15 is 0 Å². The molecule has 2 atom stereocenters. The van der Waals surface area contributed by atoms with Crippen LogP contribution in [-0.2, 0) is 0 Å². The van der Waals surface area contributed by atoms with E-state index in [9.17, 15) is 0 Å². The molecule has 7 N–H and O–H groups in total. The van der Waals surface area contributed by atoms with Gasteiger partial charge < -0.3 is 11.5 Å². The first-order valence-corrected chi connectivity index (χ1v) is 4.91. The van der Waals surface area contributed by atoms with Crippen LogP contribution in [0, 0.1) is 0 Å². The molecule has 5 heteroatoms. The third kappa shape index (κ3) is 5.95. The zero-order valence-corrected chi connectivity index (χ0v) is 8.64. The standard InChI is InChI=1S/C8H23N5/c1-3-7(11-5-9)13-8(4-2)12-6-10/h7-8,11-13H,3-6,9-10H2,1-2H3. The average molecular weight is 189 g/mol. The summed E-state index contributed by atoms with van der Waals surface area (Å²) in [6.07, 6.45) is 2.52. The summed E-state index contributed by atoms with van der Waals surface area (Å²) in [4.78, 5) is 0. The van der Waals surface area contributed by atoms with Gasteiger partial charge in [0, 0.05) is 13.3 Å². The van der Waals surface area contributed by atoms with Gasteiger partial charge in [0.05, 0.1) is 12.3 Å². The number of nitrogens with one attached hydrogen (secondary N) is 3. The van der Waals surface area contributed by atoms with Gasteiger partial charge >= 0.3 is 0 Å². The monoisotopic (exact) mass is 189 g/mol. The zero-order chi connectivity index (χ0) is 10.1. The van der Waals surface area contributed by atoms with Crippen LogP contribution in [0.1, 0.15) is 26.7 Å². The van der Waals surface area contributed by atoms with Crippen LogP contribution in [0.4, 0.5) is 0 Å². The Morgan fingerprint density at radius 1 is 0.923 bits per heavy atom. The van der Waals surface area contributed by atoms with Crippen LogP contribution in [0.5, 0.6) is 0 Å². The fraction of sp³-hybridized carbons (Fsp3) is 1.00. The molecule has 0 heterocycles. The van der Waals surface area contributed by atoms with Gasteiger partial charge in [0.15, 0.2) is 0 Å². The van der Waals surface area contributed by atoms with Crippen LogP contribution in [0.15, 0.2) is 0 Å². The first kappa shape index (κ1) is 12.8. The van der Waals surface area contributed by atoms with Crippen molar-refractivity contribution in [2.45, 2.75) is 39.0 Å². The summed E-state index contributed by atoms with van der Waals surface area (Å²) < 4.78 is 0. The van der Waals surface area contributed by atoms with Gasteiger partial charge in [0.2, 0.25) is 0 Å². The van der Waals surface area contributed by atoms with Crippen LogP contribution in [-0.4, -0.2) is 25.7 Å². The second-order valence-corrected chi connectivity index (χ2v) is 2.90. The van der Waals surface area contributed by atoms with E-state index in [2.05, 4.69) is 29.8 Å². The fourth-order valence-corrected chi connectivity index (χ4v) is 1.17. The smallest absolute Gasteiger partial charge is 0.0590 e. The predicted molar refractivity (Wildman–Crippen MR) is 55.7 cm³/mol. The normalized spacial score (nSPS) is 15.7. The Kier molecular flexibility index (Phi) is 8.27. The Balaban J connectivity index is 3.73. The molecule has 0 aliphatic heterocycles. The molecule has 0 bridgehead atoms. The summed E-state index contributed by atoms with van der Waals surface area (Å²) in [5.74, 6) is 0. The molecule has 0 saturated heterocycles. The quantitative estimate of drug-likeness (QED) is 0.318. The molecule has 0 radical (unpaired) electrons. The second kappa shape index (κ2) is 8.40. The Morgan fingerprint density at radius 3 is 1.54 bits per heavy atom. The molecule has 0 spiro atoms. The van der Waals surface area contributed by atoms with Crippen LogP contribution in [0.25, 0.3) is 0 Å². The lowest BCUT2D eigenvalue weighted by Crippen LogP contribution is -2.54. The van der Waals surface area contributed by atoms with Crippen molar-refractivity contribution in [1.29, 1.82) is 0 Å². The Labute approximate surface area is 80.6 Å². The third-order valence-electron chi connectivity index (χ3n) is 1.95. The van der Waals surface area contributed by atoms with Crippen molar-refractivity contribution in [3.05, 3.63) is 0 Å². The SMILES string of the molecule is CCC(NCN)NC(CC)NCN. The maximum Gasteiger partial charge on any atom is 0.0590 e. The molecule has 5 nitrogen and oxygen atoms in total. The molecule has 0 amide bonds. The zero-order valence-electron chi connectivity index (χ0n) is 8.64. The average Bonchev–Trinajstić information content (AvgIpc) is 2.16. The molecular weight excluding hydrogens is 166 g/mol. The third-order valence-corrected chi connectivity index (χ3v) is 1.95. The van der Waals surface area contributed by atoms with Gasteiger partial charge in [-0.1, -0.05) is 13.8 Å². The molecule has 0 saturated carbocycles. The molecule has 0 fully saturated rings. The Morgan fingerprint density at radius 2 is 1.31 bits per heavy atom. The van der Waals surface area contributed by atoms with E-state index < -0.39 is 0 Å². The molecule has 0 aliphatic carbocycles. The minimum atomic E-state index is 0.258. The maximum atomic E-state index is 5.40. The number of rotatable bonds is 8. The topological polar surface area (TPSA) is 88.1 Å². The molecule has 13 heavy (non-hydrogen) atoms.